The minimum Gasteiger partial charge on any atom is -0.353 e. The van der Waals surface area contributed by atoms with E-state index in [0.29, 0.717) is 5.56 Å². The second-order valence-corrected chi connectivity index (χ2v) is 9.59. The van der Waals surface area contributed by atoms with Crippen LogP contribution in [0.4, 0.5) is 9.52 Å². The smallest absolute Gasteiger partial charge is 0.224 e. The number of halogens is 1. The Balaban J connectivity index is 1.23. The van der Waals surface area contributed by atoms with Crippen LogP contribution in [0.5, 0.6) is 0 Å². The van der Waals surface area contributed by atoms with Crippen LogP contribution in [0, 0.1) is 19.7 Å². The van der Waals surface area contributed by atoms with Gasteiger partial charge >= 0.3 is 0 Å². The number of carbonyl (C=O) groups excluding carboxylic acids is 1. The van der Waals surface area contributed by atoms with Crippen molar-refractivity contribution >= 4 is 32.7 Å². The van der Waals surface area contributed by atoms with E-state index < -0.39 is 0 Å². The van der Waals surface area contributed by atoms with Crippen molar-refractivity contribution in [3.8, 4) is 5.69 Å². The quantitative estimate of drug-likeness (QED) is 0.471. The van der Waals surface area contributed by atoms with E-state index in [1.54, 1.807) is 23.5 Å². The van der Waals surface area contributed by atoms with Gasteiger partial charge in [-0.25, -0.2) is 9.07 Å². The van der Waals surface area contributed by atoms with E-state index in [-0.39, 0.29) is 24.2 Å². The van der Waals surface area contributed by atoms with Crippen LogP contribution in [-0.2, 0) is 11.2 Å². The van der Waals surface area contributed by atoms with Crippen LogP contribution < -0.4 is 10.2 Å². The van der Waals surface area contributed by atoms with E-state index in [4.69, 9.17) is 10.1 Å². The van der Waals surface area contributed by atoms with Crippen molar-refractivity contribution in [2.24, 2.45) is 0 Å². The van der Waals surface area contributed by atoms with Gasteiger partial charge in [0, 0.05) is 19.1 Å². The molecule has 1 amide bonds. The molecular weight excluding hydrogens is 437 g/mol. The second-order valence-electron chi connectivity index (χ2n) is 8.62. The summed E-state index contributed by atoms with van der Waals surface area (Å²) in [5, 5.41) is 8.80. The number of hydrogen-bond donors (Lipinski definition) is 1. The molecule has 0 spiro atoms. The molecule has 33 heavy (non-hydrogen) atoms. The zero-order chi connectivity index (χ0) is 22.9. The highest BCUT2D eigenvalue weighted by atomic mass is 32.1. The average Bonchev–Trinajstić information content (AvgIpc) is 3.35. The number of nitrogens with one attached hydrogen (secondary N) is 1. The van der Waals surface area contributed by atoms with Gasteiger partial charge < -0.3 is 10.2 Å². The third kappa shape index (κ3) is 4.61. The lowest BCUT2D eigenvalue weighted by Crippen LogP contribution is -2.45. The van der Waals surface area contributed by atoms with E-state index in [2.05, 4.69) is 41.4 Å². The number of aryl methyl sites for hydroxylation is 2. The van der Waals surface area contributed by atoms with Gasteiger partial charge in [0.05, 0.1) is 22.5 Å². The summed E-state index contributed by atoms with van der Waals surface area (Å²) in [5.74, 6) is -0.377. The summed E-state index contributed by atoms with van der Waals surface area (Å²) >= 11 is 1.68. The summed E-state index contributed by atoms with van der Waals surface area (Å²) in [7, 11) is 0. The Kier molecular flexibility index (Phi) is 5.85. The Hall–Kier alpha value is -3.26. The number of anilines is 1. The molecular formula is C25H26FN5OS. The Morgan fingerprint density at radius 3 is 2.64 bits per heavy atom. The largest absolute Gasteiger partial charge is 0.353 e. The number of thiazole rings is 1. The Bertz CT molecular complexity index is 1290. The van der Waals surface area contributed by atoms with Gasteiger partial charge in [0.2, 0.25) is 5.91 Å². The van der Waals surface area contributed by atoms with Crippen LogP contribution >= 0.6 is 11.3 Å². The Labute approximate surface area is 196 Å². The molecule has 0 unspecified atom stereocenters. The van der Waals surface area contributed by atoms with Crippen LogP contribution in [0.3, 0.4) is 0 Å². The van der Waals surface area contributed by atoms with E-state index in [1.807, 2.05) is 11.6 Å². The van der Waals surface area contributed by atoms with Crippen LogP contribution in [0.1, 0.15) is 29.7 Å². The Morgan fingerprint density at radius 1 is 1.15 bits per heavy atom. The van der Waals surface area contributed by atoms with E-state index in [0.717, 1.165) is 52.8 Å². The summed E-state index contributed by atoms with van der Waals surface area (Å²) in [4.78, 5) is 19.6. The van der Waals surface area contributed by atoms with Gasteiger partial charge in [-0.15, -0.1) is 0 Å². The van der Waals surface area contributed by atoms with Gasteiger partial charge in [-0.3, -0.25) is 4.79 Å². The predicted octanol–water partition coefficient (Wildman–Crippen LogP) is 4.57. The summed E-state index contributed by atoms with van der Waals surface area (Å²) in [6.07, 6.45) is 1.91. The molecule has 2 aromatic carbocycles. The number of aromatic nitrogens is 3. The van der Waals surface area contributed by atoms with Crippen molar-refractivity contribution in [2.45, 2.75) is 39.2 Å². The molecule has 0 bridgehead atoms. The first-order chi connectivity index (χ1) is 16.0. The van der Waals surface area contributed by atoms with Crippen molar-refractivity contribution in [1.29, 1.82) is 0 Å². The van der Waals surface area contributed by atoms with Crippen LogP contribution in [0.25, 0.3) is 16.0 Å². The molecule has 170 valence electrons. The number of carbonyl (C=O) groups is 1. The van der Waals surface area contributed by atoms with Gasteiger partial charge in [-0.1, -0.05) is 41.2 Å². The molecule has 8 heteroatoms. The molecule has 1 aliphatic heterocycles. The lowest BCUT2D eigenvalue weighted by Gasteiger charge is -2.32. The predicted molar refractivity (Wildman–Crippen MR) is 130 cm³/mol. The molecule has 4 aromatic rings. The highest BCUT2D eigenvalue weighted by Crippen LogP contribution is 2.33. The molecule has 1 aliphatic rings. The third-order valence-corrected chi connectivity index (χ3v) is 7.25. The van der Waals surface area contributed by atoms with Gasteiger partial charge in [0.25, 0.3) is 0 Å². The molecule has 0 aliphatic carbocycles. The topological polar surface area (TPSA) is 63.1 Å². The molecule has 1 N–H and O–H groups in total. The number of amides is 1. The number of fused-ring (bicyclic) bond motifs is 1. The normalized spacial score (nSPS) is 14.7. The van der Waals surface area contributed by atoms with Gasteiger partial charge in [0.15, 0.2) is 10.8 Å². The van der Waals surface area contributed by atoms with Crippen molar-refractivity contribution in [1.82, 2.24) is 20.1 Å². The van der Waals surface area contributed by atoms with Gasteiger partial charge in [0.1, 0.15) is 5.82 Å². The third-order valence-electron chi connectivity index (χ3n) is 6.04. The lowest BCUT2D eigenvalue weighted by atomic mass is 10.0. The number of piperidine rings is 1. The maximum absolute atomic E-state index is 13.3. The van der Waals surface area contributed by atoms with Crippen LogP contribution in [0.2, 0.25) is 0 Å². The van der Waals surface area contributed by atoms with Crippen molar-refractivity contribution in [3.05, 3.63) is 71.2 Å². The summed E-state index contributed by atoms with van der Waals surface area (Å²) in [5.41, 5.74) is 4.78. The van der Waals surface area contributed by atoms with Gasteiger partial charge in [-0.2, -0.15) is 10.1 Å². The number of nitrogens with zero attached hydrogens (tertiary/aromatic N) is 4. The first-order valence-electron chi connectivity index (χ1n) is 11.2. The van der Waals surface area contributed by atoms with Crippen molar-refractivity contribution in [3.63, 3.8) is 0 Å². The minimum absolute atomic E-state index is 0.0622. The highest BCUT2D eigenvalue weighted by Gasteiger charge is 2.24. The van der Waals surface area contributed by atoms with Gasteiger partial charge in [-0.05, 0) is 56.5 Å². The minimum atomic E-state index is -0.315. The summed E-state index contributed by atoms with van der Waals surface area (Å²) < 4.78 is 16.4. The second kappa shape index (κ2) is 8.94. The fourth-order valence-electron chi connectivity index (χ4n) is 4.25. The molecule has 1 saturated heterocycles. The number of rotatable bonds is 5. The SMILES string of the molecule is Cc1ccc(-n2nc(C)c3sc(N4CCC(NC(=O)Cc5cccc(F)c5)CC4)nc32)cc1. The fourth-order valence-corrected chi connectivity index (χ4v) is 5.29. The molecule has 2 aromatic heterocycles. The van der Waals surface area contributed by atoms with Crippen LogP contribution in [0.15, 0.2) is 48.5 Å². The molecule has 0 atom stereocenters. The molecule has 1 fully saturated rings. The molecule has 0 radical (unpaired) electrons. The molecule has 0 saturated carbocycles. The fraction of sp³-hybridized carbons (Fsp3) is 0.320. The lowest BCUT2D eigenvalue weighted by molar-refractivity contribution is -0.121. The first kappa shape index (κ1) is 21.6. The monoisotopic (exact) mass is 463 g/mol. The molecule has 6 nitrogen and oxygen atoms in total. The zero-order valence-corrected chi connectivity index (χ0v) is 19.5. The molecule has 5 rings (SSSR count). The summed E-state index contributed by atoms with van der Waals surface area (Å²) in [6, 6.07) is 14.6. The molecule has 3 heterocycles. The number of benzene rings is 2. The first-order valence-corrected chi connectivity index (χ1v) is 12.0. The average molecular weight is 464 g/mol. The number of hydrogen-bond acceptors (Lipinski definition) is 5. The standard InChI is InChI=1S/C25H26FN5OS/c1-16-6-8-21(9-7-16)31-24-23(17(2)29-31)33-25(28-24)30-12-10-20(11-13-30)27-22(32)15-18-4-3-5-19(26)14-18/h3-9,14,20H,10-13,15H2,1-2H3,(H,27,32). The van der Waals surface area contributed by atoms with Crippen molar-refractivity contribution < 1.29 is 9.18 Å². The van der Waals surface area contributed by atoms with Crippen molar-refractivity contribution in [2.75, 3.05) is 18.0 Å². The highest BCUT2D eigenvalue weighted by molar-refractivity contribution is 7.22. The zero-order valence-electron chi connectivity index (χ0n) is 18.7. The van der Waals surface area contributed by atoms with E-state index >= 15 is 0 Å². The van der Waals surface area contributed by atoms with E-state index in [1.165, 1.54) is 17.7 Å². The maximum atomic E-state index is 13.3. The van der Waals surface area contributed by atoms with E-state index in [9.17, 15) is 9.18 Å². The maximum Gasteiger partial charge on any atom is 0.224 e. The Morgan fingerprint density at radius 2 is 1.91 bits per heavy atom. The summed E-state index contributed by atoms with van der Waals surface area (Å²) in [6.45, 7) is 5.76. The van der Waals surface area contributed by atoms with Crippen LogP contribution in [-0.4, -0.2) is 39.8 Å².